The van der Waals surface area contributed by atoms with Gasteiger partial charge in [0, 0.05) is 31.7 Å². The van der Waals surface area contributed by atoms with Crippen molar-refractivity contribution in [3.8, 4) is 5.75 Å². The van der Waals surface area contributed by atoms with Crippen LogP contribution < -0.4 is 15.5 Å². The summed E-state index contributed by atoms with van der Waals surface area (Å²) in [5.74, 6) is -1.10. The Morgan fingerprint density at radius 3 is 2.37 bits per heavy atom. The number of nitrogens with one attached hydrogen (secondary N) is 2. The summed E-state index contributed by atoms with van der Waals surface area (Å²) in [6.45, 7) is 6.46. The summed E-state index contributed by atoms with van der Waals surface area (Å²) in [6.07, 6.45) is -2.41. The van der Waals surface area contributed by atoms with Crippen molar-refractivity contribution in [1.82, 2.24) is 15.2 Å². The number of anilines is 1. The number of ether oxygens (including phenoxy) is 1. The molecule has 282 valence electrons. The van der Waals surface area contributed by atoms with Gasteiger partial charge in [0.05, 0.1) is 40.3 Å². The minimum absolute atomic E-state index is 0.0330. The van der Waals surface area contributed by atoms with Crippen molar-refractivity contribution in [2.24, 2.45) is 5.10 Å². The van der Waals surface area contributed by atoms with E-state index in [0.29, 0.717) is 26.2 Å². The van der Waals surface area contributed by atoms with Crippen molar-refractivity contribution < 1.29 is 42.8 Å². The molecule has 0 aromatic heterocycles. The highest BCUT2D eigenvalue weighted by atomic mass is 35.5. The molecule has 4 rings (SSSR count). The lowest BCUT2D eigenvalue weighted by atomic mass is 10.1. The van der Waals surface area contributed by atoms with Gasteiger partial charge in [-0.05, 0) is 93.4 Å². The van der Waals surface area contributed by atoms with E-state index in [0.717, 1.165) is 56.3 Å². The van der Waals surface area contributed by atoms with Gasteiger partial charge in [0.25, 0.3) is 11.8 Å². The van der Waals surface area contributed by atoms with E-state index < -0.39 is 46.9 Å². The van der Waals surface area contributed by atoms with Gasteiger partial charge in [0.15, 0.2) is 0 Å². The van der Waals surface area contributed by atoms with E-state index in [1.807, 2.05) is 11.0 Å². The lowest BCUT2D eigenvalue weighted by Gasteiger charge is -2.28. The second-order valence-corrected chi connectivity index (χ2v) is 13.4. The van der Waals surface area contributed by atoms with Crippen molar-refractivity contribution in [2.45, 2.75) is 64.1 Å². The highest BCUT2D eigenvalue weighted by Crippen LogP contribution is 2.35. The van der Waals surface area contributed by atoms with E-state index in [1.165, 1.54) is 24.3 Å². The Labute approximate surface area is 306 Å². The maximum Gasteiger partial charge on any atom is 0.417 e. The molecule has 15 heteroatoms. The minimum atomic E-state index is -4.69. The highest BCUT2D eigenvalue weighted by molar-refractivity contribution is 6.31. The van der Waals surface area contributed by atoms with Crippen LogP contribution in [-0.2, 0) is 12.7 Å². The Hall–Kier alpha value is -4.05. The number of hydrogen-bond acceptors (Lipinski definition) is 9. The van der Waals surface area contributed by atoms with E-state index in [9.17, 15) is 38.1 Å². The summed E-state index contributed by atoms with van der Waals surface area (Å²) in [6, 6.07) is 14.3. The molecule has 1 aliphatic rings. The Morgan fingerprint density at radius 2 is 1.69 bits per heavy atom. The normalized spacial score (nSPS) is 15.7. The van der Waals surface area contributed by atoms with Crippen LogP contribution in [0.3, 0.4) is 0 Å². The molecule has 3 unspecified atom stereocenters. The number of β-amino-alcohol motifs (C(OH)–C–C–N with tert-alkyl or cyclic N) is 1. The zero-order valence-electron chi connectivity index (χ0n) is 29.1. The number of carbonyl (C=O) groups is 2. The number of likely N-dealkylation sites (tertiary alicyclic amines) is 1. The maximum atomic E-state index is 13.5. The number of hydrogen-bond donors (Lipinski definition) is 5. The quantitative estimate of drug-likeness (QED) is 0.0998. The first-order valence-corrected chi connectivity index (χ1v) is 17.4. The number of amides is 2. The number of hydrazone groups is 1. The molecule has 1 heterocycles. The van der Waals surface area contributed by atoms with E-state index in [-0.39, 0.29) is 34.7 Å². The van der Waals surface area contributed by atoms with Crippen LogP contribution >= 0.6 is 11.6 Å². The second kappa shape index (κ2) is 19.1. The number of carbonyl (C=O) groups excluding carboxylic acids is 2. The van der Waals surface area contributed by atoms with Crippen molar-refractivity contribution in [1.29, 1.82) is 0 Å². The van der Waals surface area contributed by atoms with Crippen molar-refractivity contribution >= 4 is 35.3 Å². The van der Waals surface area contributed by atoms with Gasteiger partial charge >= 0.3 is 6.18 Å². The van der Waals surface area contributed by atoms with E-state index in [4.69, 9.17) is 16.3 Å². The molecular formula is C37H45ClF3N5O6. The Bertz CT molecular complexity index is 1670. The van der Waals surface area contributed by atoms with Gasteiger partial charge in [-0.2, -0.15) is 18.3 Å². The number of piperidine rings is 1. The standard InChI is InChI=1S/C37H45ClF3N5O6/c1-24(47)19-46(20-25(2)48)21-27-7-6-8-28(15-27)35(50)43-34-12-10-30(52-23-29(49)22-45-13-4-3-5-14-45)17-31(34)36(51)44-42-18-26-9-11-33(38)32(16-26)37(39,40)41/h6-12,15-18,24-25,29,47-49H,3-5,13-14,19-23H2,1-2H3,(H,43,50)(H,44,51). The van der Waals surface area contributed by atoms with E-state index in [1.54, 1.807) is 32.0 Å². The van der Waals surface area contributed by atoms with Crippen LogP contribution in [0.1, 0.15) is 70.5 Å². The van der Waals surface area contributed by atoms with Crippen molar-refractivity contribution in [2.75, 3.05) is 44.6 Å². The van der Waals surface area contributed by atoms with Crippen LogP contribution in [0, 0.1) is 0 Å². The Balaban J connectivity index is 1.53. The molecule has 1 saturated heterocycles. The molecular weight excluding hydrogens is 703 g/mol. The van der Waals surface area contributed by atoms with Crippen molar-refractivity contribution in [3.63, 3.8) is 0 Å². The second-order valence-electron chi connectivity index (χ2n) is 13.0. The summed E-state index contributed by atoms with van der Waals surface area (Å²) in [5, 5.41) is 36.5. The third-order valence-electron chi connectivity index (χ3n) is 8.16. The number of rotatable bonds is 16. The summed E-state index contributed by atoms with van der Waals surface area (Å²) >= 11 is 5.70. The van der Waals surface area contributed by atoms with Gasteiger partial charge in [-0.1, -0.05) is 36.2 Å². The zero-order valence-corrected chi connectivity index (χ0v) is 29.8. The van der Waals surface area contributed by atoms with Gasteiger partial charge in [0.1, 0.15) is 18.5 Å². The van der Waals surface area contributed by atoms with Gasteiger partial charge in [0.2, 0.25) is 0 Å². The fourth-order valence-electron chi connectivity index (χ4n) is 5.88. The van der Waals surface area contributed by atoms with Crippen LogP contribution in [0.5, 0.6) is 5.75 Å². The topological polar surface area (TPSA) is 147 Å². The third-order valence-corrected chi connectivity index (χ3v) is 8.49. The first kappa shape index (κ1) is 40.7. The van der Waals surface area contributed by atoms with Gasteiger partial charge in [-0.3, -0.25) is 14.5 Å². The molecule has 1 aliphatic heterocycles. The smallest absolute Gasteiger partial charge is 0.417 e. The Morgan fingerprint density at radius 1 is 0.981 bits per heavy atom. The molecule has 0 aliphatic carbocycles. The summed E-state index contributed by atoms with van der Waals surface area (Å²) in [4.78, 5) is 30.9. The zero-order chi connectivity index (χ0) is 37.8. The summed E-state index contributed by atoms with van der Waals surface area (Å²) in [7, 11) is 0. The SMILES string of the molecule is CC(O)CN(Cc1cccc(C(=O)Nc2ccc(OCC(O)CN3CCCCC3)cc2C(=O)NN=Cc2ccc(Cl)c(C(F)(F)F)c2)c1)CC(C)O. The number of alkyl halides is 3. The summed E-state index contributed by atoms with van der Waals surface area (Å²) < 4.78 is 45.8. The number of aliphatic hydroxyl groups is 3. The molecule has 5 N–H and O–H groups in total. The van der Waals surface area contributed by atoms with Crippen LogP contribution in [0.2, 0.25) is 5.02 Å². The van der Waals surface area contributed by atoms with Crippen LogP contribution in [-0.4, -0.2) is 101 Å². The molecule has 0 radical (unpaired) electrons. The van der Waals surface area contributed by atoms with Crippen LogP contribution in [0.15, 0.2) is 65.8 Å². The highest BCUT2D eigenvalue weighted by Gasteiger charge is 2.33. The molecule has 3 aromatic rings. The fraction of sp³-hybridized carbons (Fsp3) is 0.432. The molecule has 0 saturated carbocycles. The largest absolute Gasteiger partial charge is 0.491 e. The average molecular weight is 748 g/mol. The van der Waals surface area contributed by atoms with E-state index in [2.05, 4.69) is 20.7 Å². The molecule has 0 spiro atoms. The molecule has 11 nitrogen and oxygen atoms in total. The number of halogens is 4. The van der Waals surface area contributed by atoms with Crippen molar-refractivity contribution in [3.05, 3.63) is 93.5 Å². The monoisotopic (exact) mass is 747 g/mol. The molecule has 52 heavy (non-hydrogen) atoms. The lowest BCUT2D eigenvalue weighted by molar-refractivity contribution is -0.137. The number of benzene rings is 3. The number of aliphatic hydroxyl groups excluding tert-OH is 3. The minimum Gasteiger partial charge on any atom is -0.491 e. The third kappa shape index (κ3) is 12.9. The Kier molecular flexibility index (Phi) is 15.0. The number of nitrogens with zero attached hydrogens (tertiary/aromatic N) is 3. The van der Waals surface area contributed by atoms with Crippen LogP contribution in [0.25, 0.3) is 0 Å². The molecule has 1 fully saturated rings. The van der Waals surface area contributed by atoms with Gasteiger partial charge < -0.3 is 30.3 Å². The molecule has 3 aromatic carbocycles. The molecule has 3 atom stereocenters. The molecule has 2 amide bonds. The predicted octanol–water partition coefficient (Wildman–Crippen LogP) is 5.16. The van der Waals surface area contributed by atoms with E-state index >= 15 is 0 Å². The summed E-state index contributed by atoms with van der Waals surface area (Å²) in [5.41, 5.74) is 2.34. The first-order valence-electron chi connectivity index (χ1n) is 17.0. The average Bonchev–Trinajstić information content (AvgIpc) is 3.08. The van der Waals surface area contributed by atoms with Gasteiger partial charge in [-0.25, -0.2) is 5.43 Å². The first-order chi connectivity index (χ1) is 24.7. The molecule has 0 bridgehead atoms. The maximum absolute atomic E-state index is 13.5. The van der Waals surface area contributed by atoms with Crippen LogP contribution in [0.4, 0.5) is 18.9 Å². The predicted molar refractivity (Wildman–Crippen MR) is 193 cm³/mol. The lowest BCUT2D eigenvalue weighted by Crippen LogP contribution is -2.38. The fourth-order valence-corrected chi connectivity index (χ4v) is 6.10. The van der Waals surface area contributed by atoms with Gasteiger partial charge in [-0.15, -0.1) is 0 Å².